The number of ether oxygens (including phenoxy) is 2. The zero-order valence-electron chi connectivity index (χ0n) is 26.2. The van der Waals surface area contributed by atoms with E-state index in [9.17, 15) is 14.9 Å². The molecule has 0 aromatic heterocycles. The highest BCUT2D eigenvalue weighted by Gasteiger charge is 2.25. The molecular weight excluding hydrogens is 552 g/mol. The Morgan fingerprint density at radius 1 is 0.773 bits per heavy atom. The average Bonchev–Trinajstić information content (AvgIpc) is 3.03. The first-order chi connectivity index (χ1) is 21.4. The number of nitrogen functional groups attached to an aromatic ring is 1. The summed E-state index contributed by atoms with van der Waals surface area (Å²) in [5.41, 5.74) is 8.59. The molecule has 7 nitrogen and oxygen atoms in total. The number of anilines is 1. The number of hydrogen-bond donors (Lipinski definition) is 1. The van der Waals surface area contributed by atoms with E-state index >= 15 is 0 Å². The molecule has 0 radical (unpaired) electrons. The summed E-state index contributed by atoms with van der Waals surface area (Å²) in [6.45, 7) is 4.80. The monoisotopic (exact) mass is 598 g/mol. The number of unbranched alkanes of at least 4 members (excludes halogenated alkanes) is 10. The smallest absolute Gasteiger partial charge is 0.350 e. The van der Waals surface area contributed by atoms with E-state index in [1.807, 2.05) is 12.1 Å². The van der Waals surface area contributed by atoms with Gasteiger partial charge in [-0.2, -0.15) is 0 Å². The zero-order valence-corrected chi connectivity index (χ0v) is 26.2. The van der Waals surface area contributed by atoms with E-state index in [2.05, 4.69) is 37.8 Å². The molecule has 0 aliphatic heterocycles. The summed E-state index contributed by atoms with van der Waals surface area (Å²) in [6, 6.07) is 17.5. The van der Waals surface area contributed by atoms with Crippen LogP contribution in [0.25, 0.3) is 0 Å². The molecule has 0 heterocycles. The van der Waals surface area contributed by atoms with Crippen LogP contribution >= 0.6 is 0 Å². The molecule has 2 N–H and O–H groups in total. The minimum atomic E-state index is -0.870. The second-order valence-corrected chi connectivity index (χ2v) is 11.2. The predicted molar refractivity (Wildman–Crippen MR) is 177 cm³/mol. The third-order valence-electron chi connectivity index (χ3n) is 7.49. The molecule has 0 bridgehead atoms. The maximum absolute atomic E-state index is 12.9. The maximum Gasteiger partial charge on any atom is 0.350 e. The number of carbonyl (C=O) groups excluding carboxylic acids is 1. The Balaban J connectivity index is 1.54. The highest BCUT2D eigenvalue weighted by molar-refractivity contribution is 5.97. The van der Waals surface area contributed by atoms with Gasteiger partial charge in [0, 0.05) is 11.1 Å². The number of benzene rings is 3. The largest absolute Gasteiger partial charge is 0.491 e. The van der Waals surface area contributed by atoms with Crippen LogP contribution in [0.2, 0.25) is 0 Å². The summed E-state index contributed by atoms with van der Waals surface area (Å²) in [5, 5.41) is 11.7. The van der Waals surface area contributed by atoms with Gasteiger partial charge in [0.15, 0.2) is 0 Å². The molecule has 0 unspecified atom stereocenters. The van der Waals surface area contributed by atoms with Crippen molar-refractivity contribution >= 4 is 17.3 Å². The van der Waals surface area contributed by atoms with Gasteiger partial charge in [0.2, 0.25) is 0 Å². The van der Waals surface area contributed by atoms with Crippen LogP contribution in [0.4, 0.5) is 11.4 Å². The van der Waals surface area contributed by atoms with Crippen molar-refractivity contribution in [1.29, 1.82) is 0 Å². The fourth-order valence-corrected chi connectivity index (χ4v) is 4.87. The number of rotatable bonds is 18. The number of hydrogen-bond acceptors (Lipinski definition) is 6. The van der Waals surface area contributed by atoms with Crippen molar-refractivity contribution in [2.75, 3.05) is 12.3 Å². The Morgan fingerprint density at radius 2 is 1.32 bits per heavy atom. The molecule has 0 aliphatic rings. The van der Waals surface area contributed by atoms with Crippen molar-refractivity contribution in [2.45, 2.75) is 97.3 Å². The summed E-state index contributed by atoms with van der Waals surface area (Å²) < 4.78 is 11.1. The molecule has 0 atom stereocenters. The van der Waals surface area contributed by atoms with Crippen molar-refractivity contribution < 1.29 is 19.2 Å². The quantitative estimate of drug-likeness (QED) is 0.0297. The van der Waals surface area contributed by atoms with Crippen molar-refractivity contribution in [3.05, 3.63) is 93.0 Å². The second kappa shape index (κ2) is 19.1. The predicted octanol–water partition coefficient (Wildman–Crippen LogP) is 9.44. The van der Waals surface area contributed by atoms with Gasteiger partial charge in [0.25, 0.3) is 5.69 Å². The van der Waals surface area contributed by atoms with Crippen molar-refractivity contribution in [3.63, 3.8) is 0 Å². The fourth-order valence-electron chi connectivity index (χ4n) is 4.87. The number of nitrogens with two attached hydrogens (primary N) is 1. The van der Waals surface area contributed by atoms with Gasteiger partial charge >= 0.3 is 5.97 Å². The third kappa shape index (κ3) is 11.8. The first-order valence-corrected chi connectivity index (χ1v) is 16.0. The number of nitrogens with zero attached hydrogens (tertiary/aromatic N) is 1. The molecule has 0 amide bonds. The van der Waals surface area contributed by atoms with Crippen molar-refractivity contribution in [3.8, 4) is 23.3 Å². The van der Waals surface area contributed by atoms with Crippen LogP contribution in [-0.2, 0) is 6.42 Å². The van der Waals surface area contributed by atoms with Crippen LogP contribution in [0.3, 0.4) is 0 Å². The van der Waals surface area contributed by atoms with Crippen LogP contribution in [0.1, 0.15) is 118 Å². The van der Waals surface area contributed by atoms with Crippen LogP contribution in [0.15, 0.2) is 60.7 Å². The maximum atomic E-state index is 12.9. The molecule has 234 valence electrons. The normalized spacial score (nSPS) is 10.6. The minimum absolute atomic E-state index is 0.148. The van der Waals surface area contributed by atoms with Gasteiger partial charge in [-0.1, -0.05) is 102 Å². The van der Waals surface area contributed by atoms with Gasteiger partial charge in [-0.3, -0.25) is 10.1 Å². The molecular formula is C37H46N2O5. The van der Waals surface area contributed by atoms with Crippen molar-refractivity contribution in [2.24, 2.45) is 0 Å². The van der Waals surface area contributed by atoms with Crippen LogP contribution < -0.4 is 15.2 Å². The van der Waals surface area contributed by atoms with E-state index in [-0.39, 0.29) is 22.7 Å². The molecule has 3 rings (SSSR count). The lowest BCUT2D eigenvalue weighted by Gasteiger charge is -2.11. The summed E-state index contributed by atoms with van der Waals surface area (Å²) in [4.78, 5) is 24.0. The zero-order chi connectivity index (χ0) is 31.6. The van der Waals surface area contributed by atoms with E-state index in [0.29, 0.717) is 6.61 Å². The Labute approximate surface area is 262 Å². The molecule has 3 aromatic rings. The van der Waals surface area contributed by atoms with Crippen LogP contribution in [-0.4, -0.2) is 17.5 Å². The molecule has 0 fully saturated rings. The average molecular weight is 599 g/mol. The first-order valence-electron chi connectivity index (χ1n) is 16.0. The molecule has 44 heavy (non-hydrogen) atoms. The Bertz CT molecular complexity index is 1390. The molecule has 0 saturated carbocycles. The van der Waals surface area contributed by atoms with Gasteiger partial charge in [-0.15, -0.1) is 0 Å². The van der Waals surface area contributed by atoms with E-state index in [1.165, 1.54) is 75.5 Å². The summed E-state index contributed by atoms with van der Waals surface area (Å²) in [7, 11) is 0. The lowest BCUT2D eigenvalue weighted by Crippen LogP contribution is -2.12. The van der Waals surface area contributed by atoms with Gasteiger partial charge in [-0.25, -0.2) is 4.79 Å². The van der Waals surface area contributed by atoms with E-state index in [1.54, 1.807) is 24.3 Å². The standard InChI is InChI=1S/C37H46N2O5/c1-3-5-7-9-11-13-15-29-16-18-30(19-17-29)20-21-31-22-24-32(25-23-31)44-37(40)33-27-34(38)36(28-35(33)39(41)42)43-26-14-12-10-8-6-4-2/h16-19,22-25,27-28H,3-15,26,38H2,1-2H3. The van der Waals surface area contributed by atoms with E-state index in [4.69, 9.17) is 15.2 Å². The topological polar surface area (TPSA) is 105 Å². The van der Waals surface area contributed by atoms with Gasteiger partial charge in [0.1, 0.15) is 17.1 Å². The number of nitro groups is 1. The second-order valence-electron chi connectivity index (χ2n) is 11.2. The Morgan fingerprint density at radius 3 is 1.91 bits per heavy atom. The summed E-state index contributed by atoms with van der Waals surface area (Å²) >= 11 is 0. The SMILES string of the molecule is CCCCCCCCOc1cc([N+](=O)[O-])c(C(=O)Oc2ccc(C#Cc3ccc(CCCCCCCC)cc3)cc2)cc1N. The molecule has 7 heteroatoms. The number of carbonyl (C=O) groups is 1. The van der Waals surface area contributed by atoms with Gasteiger partial charge in [0.05, 0.1) is 23.3 Å². The Kier molecular flexibility index (Phi) is 14.8. The molecule has 0 spiro atoms. The number of esters is 1. The van der Waals surface area contributed by atoms with E-state index in [0.717, 1.165) is 36.8 Å². The lowest BCUT2D eigenvalue weighted by atomic mass is 10.0. The lowest BCUT2D eigenvalue weighted by molar-refractivity contribution is -0.385. The fraction of sp³-hybridized carbons (Fsp3) is 0.432. The minimum Gasteiger partial charge on any atom is -0.491 e. The summed E-state index contributed by atoms with van der Waals surface area (Å²) in [6.07, 6.45) is 15.4. The molecule has 3 aromatic carbocycles. The van der Waals surface area contributed by atoms with Crippen LogP contribution in [0, 0.1) is 22.0 Å². The molecule has 0 aliphatic carbocycles. The highest BCUT2D eigenvalue weighted by Crippen LogP contribution is 2.32. The van der Waals surface area contributed by atoms with E-state index < -0.39 is 16.6 Å². The number of aryl methyl sites for hydroxylation is 1. The highest BCUT2D eigenvalue weighted by atomic mass is 16.6. The van der Waals surface area contributed by atoms with Gasteiger partial charge in [-0.05, 0) is 67.3 Å². The number of nitro benzene ring substituents is 1. The third-order valence-corrected chi connectivity index (χ3v) is 7.49. The first kappa shape index (κ1) is 34.2. The van der Waals surface area contributed by atoms with Gasteiger partial charge < -0.3 is 15.2 Å². The van der Waals surface area contributed by atoms with Crippen molar-refractivity contribution in [1.82, 2.24) is 0 Å². The Hall–Kier alpha value is -4.31. The molecule has 0 saturated heterocycles. The summed E-state index contributed by atoms with van der Waals surface area (Å²) in [5.74, 6) is 5.86. The van der Waals surface area contributed by atoms with Crippen LogP contribution in [0.5, 0.6) is 11.5 Å².